The highest BCUT2D eigenvalue weighted by Crippen LogP contribution is 2.26. The van der Waals surface area contributed by atoms with Gasteiger partial charge in [-0.05, 0) is 42.0 Å². The van der Waals surface area contributed by atoms with Crippen LogP contribution in [0.5, 0.6) is 0 Å². The summed E-state index contributed by atoms with van der Waals surface area (Å²) < 4.78 is 35.3. The highest BCUT2D eigenvalue weighted by atomic mass is 32.2. The topological polar surface area (TPSA) is 93.5 Å². The lowest BCUT2D eigenvalue weighted by molar-refractivity contribution is -0.116. The average molecular weight is 555 g/mol. The summed E-state index contributed by atoms with van der Waals surface area (Å²) in [5.74, 6) is -0.0594. The SMILES string of the molecule is COCCN(CC(=O)Nc1cc(-c2ccccc2)nn1-c1ccc(C)cc1)S(=O)(=O)c1ccc2ccccc2c1. The molecule has 0 saturated carbocycles. The molecule has 204 valence electrons. The van der Waals surface area contributed by atoms with Crippen LogP contribution in [0, 0.1) is 6.92 Å². The van der Waals surface area contributed by atoms with Gasteiger partial charge in [0.25, 0.3) is 0 Å². The van der Waals surface area contributed by atoms with Crippen molar-refractivity contribution in [2.24, 2.45) is 0 Å². The lowest BCUT2D eigenvalue weighted by atomic mass is 10.1. The van der Waals surface area contributed by atoms with Crippen molar-refractivity contribution in [2.45, 2.75) is 11.8 Å². The van der Waals surface area contributed by atoms with Gasteiger partial charge in [0, 0.05) is 25.3 Å². The van der Waals surface area contributed by atoms with Crippen LogP contribution >= 0.6 is 0 Å². The summed E-state index contributed by atoms with van der Waals surface area (Å²) in [6.45, 7) is 1.76. The number of carbonyl (C=O) groups is 1. The number of amides is 1. The number of fused-ring (bicyclic) bond motifs is 1. The number of hydrogen-bond acceptors (Lipinski definition) is 5. The molecule has 40 heavy (non-hydrogen) atoms. The first-order valence-corrected chi connectivity index (χ1v) is 14.3. The predicted octanol–water partition coefficient (Wildman–Crippen LogP) is 5.28. The number of hydrogen-bond donors (Lipinski definition) is 1. The molecule has 0 aliphatic carbocycles. The monoisotopic (exact) mass is 554 g/mol. The normalized spacial score (nSPS) is 11.7. The van der Waals surface area contributed by atoms with Crippen molar-refractivity contribution in [3.8, 4) is 16.9 Å². The number of aromatic nitrogens is 2. The quantitative estimate of drug-likeness (QED) is 0.254. The molecule has 1 amide bonds. The van der Waals surface area contributed by atoms with E-state index in [1.807, 2.05) is 85.8 Å². The molecule has 0 aliphatic heterocycles. The molecule has 4 aromatic carbocycles. The van der Waals surface area contributed by atoms with Crippen LogP contribution in [0.25, 0.3) is 27.7 Å². The van der Waals surface area contributed by atoms with Crippen molar-refractivity contribution in [2.75, 3.05) is 32.1 Å². The second-order valence-corrected chi connectivity index (χ2v) is 11.4. The molecule has 0 bridgehead atoms. The minimum Gasteiger partial charge on any atom is -0.383 e. The van der Waals surface area contributed by atoms with Crippen LogP contribution in [0.1, 0.15) is 5.56 Å². The van der Waals surface area contributed by atoms with E-state index >= 15 is 0 Å². The van der Waals surface area contributed by atoms with Gasteiger partial charge in [-0.2, -0.15) is 9.40 Å². The highest BCUT2D eigenvalue weighted by Gasteiger charge is 2.27. The summed E-state index contributed by atoms with van der Waals surface area (Å²) in [5, 5.41) is 9.36. The minimum absolute atomic E-state index is 0.0194. The summed E-state index contributed by atoms with van der Waals surface area (Å²) in [4.78, 5) is 13.5. The molecule has 0 radical (unpaired) electrons. The van der Waals surface area contributed by atoms with Gasteiger partial charge in [0.2, 0.25) is 15.9 Å². The first-order valence-electron chi connectivity index (χ1n) is 12.9. The van der Waals surface area contributed by atoms with E-state index in [0.717, 1.165) is 31.9 Å². The maximum Gasteiger partial charge on any atom is 0.243 e. The molecular weight excluding hydrogens is 524 g/mol. The van der Waals surface area contributed by atoms with E-state index in [2.05, 4.69) is 5.32 Å². The third-order valence-electron chi connectivity index (χ3n) is 6.55. The van der Waals surface area contributed by atoms with Gasteiger partial charge in [0.15, 0.2) is 0 Å². The molecule has 0 spiro atoms. The largest absolute Gasteiger partial charge is 0.383 e. The second kappa shape index (κ2) is 11.8. The van der Waals surface area contributed by atoms with E-state index in [1.165, 1.54) is 7.11 Å². The number of carbonyl (C=O) groups excluding carboxylic acids is 1. The van der Waals surface area contributed by atoms with Gasteiger partial charge in [0.1, 0.15) is 5.82 Å². The van der Waals surface area contributed by atoms with Gasteiger partial charge in [0.05, 0.1) is 29.4 Å². The third kappa shape index (κ3) is 5.96. The molecule has 1 heterocycles. The Balaban J connectivity index is 1.44. The van der Waals surface area contributed by atoms with Crippen LogP contribution in [-0.4, -0.2) is 55.2 Å². The van der Waals surface area contributed by atoms with Gasteiger partial charge in [-0.3, -0.25) is 4.79 Å². The zero-order valence-corrected chi connectivity index (χ0v) is 23.1. The summed E-state index contributed by atoms with van der Waals surface area (Å²) >= 11 is 0. The molecule has 0 saturated heterocycles. The van der Waals surface area contributed by atoms with Crippen molar-refractivity contribution >= 4 is 32.5 Å². The number of rotatable bonds is 10. The summed E-state index contributed by atoms with van der Waals surface area (Å²) in [5.41, 5.74) is 3.43. The smallest absolute Gasteiger partial charge is 0.243 e. The number of nitrogens with one attached hydrogen (secondary N) is 1. The van der Waals surface area contributed by atoms with Crippen LogP contribution in [0.3, 0.4) is 0 Å². The number of benzene rings is 4. The van der Waals surface area contributed by atoms with Crippen LogP contribution in [0.15, 0.2) is 108 Å². The zero-order valence-electron chi connectivity index (χ0n) is 22.3. The Bertz CT molecular complexity index is 1730. The van der Waals surface area contributed by atoms with E-state index in [0.29, 0.717) is 11.5 Å². The van der Waals surface area contributed by atoms with Gasteiger partial charge < -0.3 is 10.1 Å². The van der Waals surface area contributed by atoms with E-state index in [9.17, 15) is 13.2 Å². The number of ether oxygens (including phenoxy) is 1. The Labute approximate surface area is 233 Å². The fourth-order valence-electron chi connectivity index (χ4n) is 4.40. The Hall–Kier alpha value is -4.31. The average Bonchev–Trinajstić information content (AvgIpc) is 3.39. The fourth-order valence-corrected chi connectivity index (χ4v) is 5.82. The first-order chi connectivity index (χ1) is 19.3. The molecule has 0 fully saturated rings. The molecule has 0 unspecified atom stereocenters. The predicted molar refractivity (Wildman–Crippen MR) is 157 cm³/mol. The molecule has 5 rings (SSSR count). The number of sulfonamides is 1. The van der Waals surface area contributed by atoms with Crippen molar-refractivity contribution in [3.63, 3.8) is 0 Å². The molecule has 9 heteroatoms. The molecule has 5 aromatic rings. The van der Waals surface area contributed by atoms with Crippen LogP contribution in [0.2, 0.25) is 0 Å². The van der Waals surface area contributed by atoms with Crippen LogP contribution in [-0.2, 0) is 19.6 Å². The highest BCUT2D eigenvalue weighted by molar-refractivity contribution is 7.89. The number of methoxy groups -OCH3 is 1. The van der Waals surface area contributed by atoms with E-state index in [-0.39, 0.29) is 18.0 Å². The maximum atomic E-state index is 13.7. The number of nitrogens with zero attached hydrogens (tertiary/aromatic N) is 3. The Morgan fingerprint density at radius 2 is 1.60 bits per heavy atom. The van der Waals surface area contributed by atoms with E-state index in [1.54, 1.807) is 28.9 Å². The number of anilines is 1. The lowest BCUT2D eigenvalue weighted by Crippen LogP contribution is -2.40. The van der Waals surface area contributed by atoms with Gasteiger partial charge >= 0.3 is 0 Å². The van der Waals surface area contributed by atoms with Gasteiger partial charge in [-0.25, -0.2) is 13.1 Å². The van der Waals surface area contributed by atoms with Crippen molar-refractivity contribution < 1.29 is 17.9 Å². The lowest BCUT2D eigenvalue weighted by Gasteiger charge is -2.22. The standard InChI is InChI=1S/C31H30N4O4S/c1-23-12-15-27(16-13-23)35-30(21-29(33-35)25-9-4-3-5-10-25)32-31(36)22-34(18-19-39-2)40(37,38)28-17-14-24-8-6-7-11-26(24)20-28/h3-17,20-21H,18-19,22H2,1-2H3,(H,32,36). The number of aryl methyl sites for hydroxylation is 1. The van der Waals surface area contributed by atoms with Crippen molar-refractivity contribution in [1.82, 2.24) is 14.1 Å². The van der Waals surface area contributed by atoms with Crippen molar-refractivity contribution in [1.29, 1.82) is 0 Å². The van der Waals surface area contributed by atoms with Crippen molar-refractivity contribution in [3.05, 3.63) is 109 Å². The Kier molecular flexibility index (Phi) is 8.06. The third-order valence-corrected chi connectivity index (χ3v) is 8.39. The molecule has 1 aromatic heterocycles. The van der Waals surface area contributed by atoms with Gasteiger partial charge in [-0.1, -0.05) is 78.4 Å². The fraction of sp³-hybridized carbons (Fsp3) is 0.161. The van der Waals surface area contributed by atoms with E-state index in [4.69, 9.17) is 9.84 Å². The van der Waals surface area contributed by atoms with Crippen LogP contribution in [0.4, 0.5) is 5.82 Å². The maximum absolute atomic E-state index is 13.7. The summed E-state index contributed by atoms with van der Waals surface area (Å²) in [6, 6.07) is 31.7. The summed E-state index contributed by atoms with van der Waals surface area (Å²) in [7, 11) is -2.49. The molecular formula is C31H30N4O4S. The molecule has 0 atom stereocenters. The Morgan fingerprint density at radius 3 is 2.33 bits per heavy atom. The van der Waals surface area contributed by atoms with E-state index < -0.39 is 22.5 Å². The van der Waals surface area contributed by atoms with Crippen LogP contribution < -0.4 is 5.32 Å². The van der Waals surface area contributed by atoms with Gasteiger partial charge in [-0.15, -0.1) is 0 Å². The molecule has 1 N–H and O–H groups in total. The molecule has 0 aliphatic rings. The zero-order chi connectivity index (χ0) is 28.1. The summed E-state index contributed by atoms with van der Waals surface area (Å²) in [6.07, 6.45) is 0. The second-order valence-electron chi connectivity index (χ2n) is 9.42. The first kappa shape index (κ1) is 27.3. The minimum atomic E-state index is -3.99. The Morgan fingerprint density at radius 1 is 0.900 bits per heavy atom. The molecule has 8 nitrogen and oxygen atoms in total.